The number of aliphatic hydroxyl groups excluding tert-OH is 1. The zero-order chi connectivity index (χ0) is 20.5. The van der Waals surface area contributed by atoms with Gasteiger partial charge >= 0.3 is 6.18 Å². The van der Waals surface area contributed by atoms with E-state index in [1.165, 1.54) is 16.7 Å². The molecule has 0 unspecified atom stereocenters. The third kappa shape index (κ3) is 4.82. The maximum Gasteiger partial charge on any atom is 0.401 e. The molecule has 2 aliphatic rings. The van der Waals surface area contributed by atoms with Crippen LogP contribution in [0.1, 0.15) is 24.8 Å². The van der Waals surface area contributed by atoms with E-state index in [1.54, 1.807) is 0 Å². The van der Waals surface area contributed by atoms with Crippen LogP contribution in [0.2, 0.25) is 0 Å². The maximum atomic E-state index is 12.9. The van der Waals surface area contributed by atoms with Gasteiger partial charge in [-0.3, -0.25) is 14.5 Å². The molecule has 28 heavy (non-hydrogen) atoms. The van der Waals surface area contributed by atoms with Crippen LogP contribution in [0.3, 0.4) is 0 Å². The first-order valence-corrected chi connectivity index (χ1v) is 9.23. The van der Waals surface area contributed by atoms with Crippen LogP contribution in [-0.4, -0.2) is 77.3 Å². The molecule has 0 aliphatic carbocycles. The van der Waals surface area contributed by atoms with Crippen molar-refractivity contribution in [3.8, 4) is 0 Å². The van der Waals surface area contributed by atoms with Crippen LogP contribution >= 0.6 is 0 Å². The van der Waals surface area contributed by atoms with Gasteiger partial charge < -0.3 is 15.3 Å². The first-order valence-electron chi connectivity index (χ1n) is 9.23. The number of β-amino-alcohol motifs (C(OH)–C–C–N with tert-alkyl or cyclic N) is 1. The Labute approximate surface area is 161 Å². The highest BCUT2D eigenvalue weighted by Gasteiger charge is 2.43. The summed E-state index contributed by atoms with van der Waals surface area (Å²) in [5.74, 6) is -1.04. The second-order valence-electron chi connectivity index (χ2n) is 7.52. The van der Waals surface area contributed by atoms with E-state index in [0.717, 1.165) is 5.56 Å². The number of aliphatic hydroxyl groups is 1. The summed E-state index contributed by atoms with van der Waals surface area (Å²) in [6.45, 7) is 0.620. The van der Waals surface area contributed by atoms with Gasteiger partial charge in [-0.25, -0.2) is 0 Å². The van der Waals surface area contributed by atoms with Crippen LogP contribution in [0, 0.1) is 0 Å². The predicted octanol–water partition coefficient (Wildman–Crippen LogP) is 1.11. The number of amides is 2. The van der Waals surface area contributed by atoms with E-state index >= 15 is 0 Å². The van der Waals surface area contributed by atoms with Crippen LogP contribution < -0.4 is 5.32 Å². The number of hydrogen-bond acceptors (Lipinski definition) is 4. The molecule has 2 saturated heterocycles. The van der Waals surface area contributed by atoms with Crippen LogP contribution in [0.15, 0.2) is 30.3 Å². The second-order valence-corrected chi connectivity index (χ2v) is 7.52. The van der Waals surface area contributed by atoms with Crippen molar-refractivity contribution in [3.63, 3.8) is 0 Å². The van der Waals surface area contributed by atoms with Crippen molar-refractivity contribution in [2.24, 2.45) is 0 Å². The Balaban J connectivity index is 1.75. The van der Waals surface area contributed by atoms with E-state index in [1.807, 2.05) is 30.3 Å². The predicted molar refractivity (Wildman–Crippen MR) is 95.4 cm³/mol. The minimum Gasteiger partial charge on any atom is -0.391 e. The lowest BCUT2D eigenvalue weighted by Crippen LogP contribution is -2.50. The second kappa shape index (κ2) is 8.08. The Kier molecular flexibility index (Phi) is 5.95. The van der Waals surface area contributed by atoms with Gasteiger partial charge in [0.05, 0.1) is 12.6 Å². The summed E-state index contributed by atoms with van der Waals surface area (Å²) in [4.78, 5) is 27.1. The molecule has 6 nitrogen and oxygen atoms in total. The highest BCUT2D eigenvalue weighted by Crippen LogP contribution is 2.30. The topological polar surface area (TPSA) is 72.9 Å². The van der Waals surface area contributed by atoms with Crippen molar-refractivity contribution in [2.75, 3.05) is 26.2 Å². The van der Waals surface area contributed by atoms with Gasteiger partial charge in [0.25, 0.3) is 0 Å². The number of carbonyl (C=O) groups excluding carboxylic acids is 2. The van der Waals surface area contributed by atoms with Crippen molar-refractivity contribution in [1.82, 2.24) is 15.1 Å². The van der Waals surface area contributed by atoms with Gasteiger partial charge in [0.1, 0.15) is 6.04 Å². The molecule has 4 atom stereocenters. The minimum atomic E-state index is -4.32. The SMILES string of the molecule is CC(=O)N1C[C@H](O)C[C@@H]1C(=O)N[C@@H]1CN(CC(F)(F)F)C[C@H]1c1ccccc1. The van der Waals surface area contributed by atoms with Crippen LogP contribution in [0.4, 0.5) is 13.2 Å². The highest BCUT2D eigenvalue weighted by molar-refractivity contribution is 5.88. The molecule has 0 radical (unpaired) electrons. The smallest absolute Gasteiger partial charge is 0.391 e. The molecule has 0 saturated carbocycles. The lowest BCUT2D eigenvalue weighted by atomic mass is 9.94. The van der Waals surface area contributed by atoms with E-state index in [-0.39, 0.29) is 37.9 Å². The van der Waals surface area contributed by atoms with Crippen LogP contribution in [0.25, 0.3) is 0 Å². The molecule has 2 aliphatic heterocycles. The van der Waals surface area contributed by atoms with Crippen molar-refractivity contribution >= 4 is 11.8 Å². The molecule has 1 aromatic rings. The molecule has 9 heteroatoms. The molecule has 2 N–H and O–H groups in total. The van der Waals surface area contributed by atoms with Gasteiger partial charge in [0.2, 0.25) is 11.8 Å². The molecule has 2 amide bonds. The number of likely N-dealkylation sites (tertiary alicyclic amines) is 2. The summed E-state index contributed by atoms with van der Waals surface area (Å²) < 4.78 is 38.6. The number of alkyl halides is 3. The molecule has 0 bridgehead atoms. The van der Waals surface area contributed by atoms with Crippen molar-refractivity contribution in [3.05, 3.63) is 35.9 Å². The summed E-state index contributed by atoms with van der Waals surface area (Å²) in [5.41, 5.74) is 0.854. The Hall–Kier alpha value is -2.13. The third-order valence-electron chi connectivity index (χ3n) is 5.34. The van der Waals surface area contributed by atoms with Crippen molar-refractivity contribution in [2.45, 2.75) is 43.6 Å². The molecule has 1 aromatic carbocycles. The zero-order valence-corrected chi connectivity index (χ0v) is 15.5. The standard InChI is InChI=1S/C19H24F3N3O3/c1-12(26)25-8-14(27)7-17(25)18(28)23-16-10-24(11-19(20,21)22)9-15(16)13-5-3-2-4-6-13/h2-6,14-17,27H,7-11H2,1H3,(H,23,28)/t14-,15+,16-,17-/m1/s1. The van der Waals surface area contributed by atoms with Crippen molar-refractivity contribution < 1.29 is 27.9 Å². The number of carbonyl (C=O) groups is 2. The Morgan fingerprint density at radius 1 is 1.18 bits per heavy atom. The fourth-order valence-corrected chi connectivity index (χ4v) is 4.14. The fraction of sp³-hybridized carbons (Fsp3) is 0.579. The molecule has 2 fully saturated rings. The number of halogens is 3. The largest absolute Gasteiger partial charge is 0.401 e. The Morgan fingerprint density at radius 3 is 2.46 bits per heavy atom. The van der Waals surface area contributed by atoms with E-state index in [9.17, 15) is 27.9 Å². The average molecular weight is 399 g/mol. The minimum absolute atomic E-state index is 0.0696. The first-order chi connectivity index (χ1) is 13.1. The van der Waals surface area contributed by atoms with Gasteiger partial charge in [-0.2, -0.15) is 13.2 Å². The molecule has 2 heterocycles. The third-order valence-corrected chi connectivity index (χ3v) is 5.34. The number of benzene rings is 1. The number of nitrogens with zero attached hydrogens (tertiary/aromatic N) is 2. The average Bonchev–Trinajstić information content (AvgIpc) is 3.17. The lowest BCUT2D eigenvalue weighted by Gasteiger charge is -2.26. The summed E-state index contributed by atoms with van der Waals surface area (Å²) in [7, 11) is 0. The maximum absolute atomic E-state index is 12.9. The molecular formula is C19H24F3N3O3. The van der Waals surface area contributed by atoms with Gasteiger partial charge in [-0.15, -0.1) is 0 Å². The van der Waals surface area contributed by atoms with E-state index < -0.39 is 36.8 Å². The normalized spacial score (nSPS) is 28.5. The zero-order valence-electron chi connectivity index (χ0n) is 15.5. The summed E-state index contributed by atoms with van der Waals surface area (Å²) in [6, 6.07) is 7.80. The Morgan fingerprint density at radius 2 is 1.86 bits per heavy atom. The molecule has 0 spiro atoms. The summed E-state index contributed by atoms with van der Waals surface area (Å²) in [6.07, 6.45) is -4.98. The summed E-state index contributed by atoms with van der Waals surface area (Å²) >= 11 is 0. The van der Waals surface area contributed by atoms with Crippen molar-refractivity contribution in [1.29, 1.82) is 0 Å². The van der Waals surface area contributed by atoms with E-state index in [4.69, 9.17) is 0 Å². The number of nitrogens with one attached hydrogen (secondary N) is 1. The van der Waals surface area contributed by atoms with Gasteiger partial charge in [0.15, 0.2) is 0 Å². The van der Waals surface area contributed by atoms with E-state index in [2.05, 4.69) is 5.32 Å². The molecular weight excluding hydrogens is 375 g/mol. The monoisotopic (exact) mass is 399 g/mol. The first kappa shape index (κ1) is 20.6. The van der Waals surface area contributed by atoms with Gasteiger partial charge in [-0.05, 0) is 5.56 Å². The van der Waals surface area contributed by atoms with Gasteiger partial charge in [0, 0.05) is 44.9 Å². The number of rotatable bonds is 4. The highest BCUT2D eigenvalue weighted by atomic mass is 19.4. The molecule has 0 aromatic heterocycles. The fourth-order valence-electron chi connectivity index (χ4n) is 4.14. The van der Waals surface area contributed by atoms with Gasteiger partial charge in [-0.1, -0.05) is 30.3 Å². The summed E-state index contributed by atoms with van der Waals surface area (Å²) in [5, 5.41) is 12.7. The Bertz CT molecular complexity index is 713. The quantitative estimate of drug-likeness (QED) is 0.796. The van der Waals surface area contributed by atoms with Crippen LogP contribution in [0.5, 0.6) is 0 Å². The number of hydrogen-bond donors (Lipinski definition) is 2. The van der Waals surface area contributed by atoms with Crippen LogP contribution in [-0.2, 0) is 9.59 Å². The van der Waals surface area contributed by atoms with E-state index in [0.29, 0.717) is 0 Å². The molecule has 3 rings (SSSR count). The molecule has 154 valence electrons. The lowest BCUT2D eigenvalue weighted by molar-refractivity contribution is -0.143.